The quantitative estimate of drug-likeness (QED) is 0.526. The van der Waals surface area contributed by atoms with Gasteiger partial charge in [-0.1, -0.05) is 65.2 Å². The molecule has 0 aromatic heterocycles. The Morgan fingerprint density at radius 1 is 0.750 bits per heavy atom. The van der Waals surface area contributed by atoms with Crippen molar-refractivity contribution in [2.24, 2.45) is 5.73 Å². The van der Waals surface area contributed by atoms with Crippen molar-refractivity contribution < 1.29 is 14.7 Å². The number of primary amides is 1. The minimum Gasteiger partial charge on any atom is -0.481 e. The van der Waals surface area contributed by atoms with Crippen LogP contribution in [-0.4, -0.2) is 17.0 Å². The first kappa shape index (κ1) is 21.2. The second-order valence-corrected chi connectivity index (χ2v) is 5.19. The Morgan fingerprint density at radius 2 is 1.15 bits per heavy atom. The van der Waals surface area contributed by atoms with Crippen LogP contribution in [0.3, 0.4) is 0 Å². The van der Waals surface area contributed by atoms with Crippen LogP contribution in [0.2, 0.25) is 0 Å². The van der Waals surface area contributed by atoms with Crippen LogP contribution in [0.15, 0.2) is 0 Å². The maximum Gasteiger partial charge on any atom is 0.303 e. The molecule has 0 aliphatic rings. The minimum atomic E-state index is -0.682. The van der Waals surface area contributed by atoms with Gasteiger partial charge < -0.3 is 10.8 Å². The largest absolute Gasteiger partial charge is 0.481 e. The molecule has 0 unspecified atom stereocenters. The molecule has 0 heterocycles. The van der Waals surface area contributed by atoms with E-state index < -0.39 is 5.97 Å². The molecule has 0 spiro atoms. The van der Waals surface area contributed by atoms with Crippen LogP contribution in [0.4, 0.5) is 0 Å². The molecule has 0 aliphatic heterocycles. The Balaban J connectivity index is 0. The molecule has 0 aliphatic carbocycles. The van der Waals surface area contributed by atoms with E-state index >= 15 is 0 Å². The second kappa shape index (κ2) is 17.9. The number of nitrogens with two attached hydrogens (primary N) is 1. The average molecular weight is 287 g/mol. The summed E-state index contributed by atoms with van der Waals surface area (Å²) in [5, 5.41) is 8.14. The Morgan fingerprint density at radius 3 is 1.60 bits per heavy atom. The lowest BCUT2D eigenvalue weighted by Gasteiger charge is -1.98. The molecule has 4 nitrogen and oxygen atoms in total. The highest BCUT2D eigenvalue weighted by atomic mass is 16.4. The van der Waals surface area contributed by atoms with Gasteiger partial charge in [-0.15, -0.1) is 0 Å². The van der Waals surface area contributed by atoms with Crippen molar-refractivity contribution in [3.63, 3.8) is 0 Å². The van der Waals surface area contributed by atoms with E-state index in [1.54, 1.807) is 0 Å². The van der Waals surface area contributed by atoms with Crippen molar-refractivity contribution in [2.75, 3.05) is 0 Å². The van der Waals surface area contributed by atoms with E-state index in [-0.39, 0.29) is 5.91 Å². The molecule has 0 aromatic carbocycles. The lowest BCUT2D eigenvalue weighted by atomic mass is 10.1. The number of carbonyl (C=O) groups is 2. The summed E-state index contributed by atoms with van der Waals surface area (Å²) in [4.78, 5) is 20.2. The molecular formula is C16H33NO3. The summed E-state index contributed by atoms with van der Waals surface area (Å²) in [5.41, 5.74) is 5.02. The van der Waals surface area contributed by atoms with Crippen LogP contribution in [-0.2, 0) is 9.59 Å². The van der Waals surface area contributed by atoms with Crippen LogP contribution in [0.25, 0.3) is 0 Å². The molecule has 0 saturated carbocycles. The zero-order chi connectivity index (χ0) is 15.6. The molecule has 0 bridgehead atoms. The lowest BCUT2D eigenvalue weighted by Crippen LogP contribution is -2.09. The summed E-state index contributed by atoms with van der Waals surface area (Å²) in [6, 6.07) is 0. The van der Waals surface area contributed by atoms with Gasteiger partial charge in [0.1, 0.15) is 0 Å². The minimum absolute atomic E-state index is 0.163. The standard InChI is InChI=1S/C10H21NO.C6H12O2/c1-2-3-4-5-6-7-8-9-10(11)12;1-2-3-4-5-6(7)8/h2-9H2,1H3,(H2,11,12);2-5H2,1H3,(H,7,8). The summed E-state index contributed by atoms with van der Waals surface area (Å²) in [6.07, 6.45) is 12.5. The van der Waals surface area contributed by atoms with E-state index in [2.05, 4.69) is 13.8 Å². The van der Waals surface area contributed by atoms with Crippen molar-refractivity contribution in [3.8, 4) is 0 Å². The van der Waals surface area contributed by atoms with Gasteiger partial charge in [-0.25, -0.2) is 0 Å². The van der Waals surface area contributed by atoms with E-state index in [1.807, 2.05) is 0 Å². The smallest absolute Gasteiger partial charge is 0.303 e. The van der Waals surface area contributed by atoms with Gasteiger partial charge in [-0.05, 0) is 12.8 Å². The summed E-state index contributed by atoms with van der Waals surface area (Å²) in [5.74, 6) is -0.845. The summed E-state index contributed by atoms with van der Waals surface area (Å²) < 4.78 is 0. The number of carbonyl (C=O) groups excluding carboxylic acids is 1. The third-order valence-electron chi connectivity index (χ3n) is 3.02. The topological polar surface area (TPSA) is 80.4 Å². The first-order chi connectivity index (χ1) is 9.54. The summed E-state index contributed by atoms with van der Waals surface area (Å²) in [6.45, 7) is 4.27. The third-order valence-corrected chi connectivity index (χ3v) is 3.02. The Bertz CT molecular complexity index is 230. The highest BCUT2D eigenvalue weighted by Gasteiger charge is 1.94. The molecule has 120 valence electrons. The van der Waals surface area contributed by atoms with Crippen LogP contribution < -0.4 is 5.73 Å². The van der Waals surface area contributed by atoms with Crippen LogP contribution in [0, 0.1) is 0 Å². The van der Waals surface area contributed by atoms with Gasteiger partial charge in [0.15, 0.2) is 0 Å². The van der Waals surface area contributed by atoms with Gasteiger partial charge in [0.25, 0.3) is 0 Å². The zero-order valence-corrected chi connectivity index (χ0v) is 13.3. The fourth-order valence-electron chi connectivity index (χ4n) is 1.78. The second-order valence-electron chi connectivity index (χ2n) is 5.19. The molecule has 3 N–H and O–H groups in total. The molecule has 0 aromatic rings. The van der Waals surface area contributed by atoms with E-state index in [0.29, 0.717) is 12.8 Å². The van der Waals surface area contributed by atoms with Gasteiger partial charge in [-0.3, -0.25) is 9.59 Å². The van der Waals surface area contributed by atoms with Gasteiger partial charge in [0, 0.05) is 12.8 Å². The summed E-state index contributed by atoms with van der Waals surface area (Å²) >= 11 is 0. The van der Waals surface area contributed by atoms with Crippen LogP contribution in [0.5, 0.6) is 0 Å². The summed E-state index contributed by atoms with van der Waals surface area (Å²) in [7, 11) is 0. The average Bonchev–Trinajstić information content (AvgIpc) is 2.38. The number of unbranched alkanes of at least 4 members (excludes halogenated alkanes) is 8. The number of rotatable bonds is 12. The fourth-order valence-corrected chi connectivity index (χ4v) is 1.78. The number of hydrogen-bond donors (Lipinski definition) is 2. The maximum absolute atomic E-state index is 10.4. The number of carboxylic acid groups (broad SMARTS) is 1. The Hall–Kier alpha value is -1.06. The Labute approximate surface area is 124 Å². The number of carboxylic acids is 1. The number of aliphatic carboxylic acids is 1. The van der Waals surface area contributed by atoms with E-state index in [9.17, 15) is 9.59 Å². The van der Waals surface area contributed by atoms with E-state index in [0.717, 1.165) is 32.1 Å². The van der Waals surface area contributed by atoms with Gasteiger partial charge in [-0.2, -0.15) is 0 Å². The van der Waals surface area contributed by atoms with Crippen molar-refractivity contribution in [3.05, 3.63) is 0 Å². The van der Waals surface area contributed by atoms with Crippen molar-refractivity contribution in [1.29, 1.82) is 0 Å². The molecule has 0 atom stereocenters. The predicted molar refractivity (Wildman–Crippen MR) is 83.6 cm³/mol. The molecule has 1 amide bonds. The molecule has 4 heteroatoms. The van der Waals surface area contributed by atoms with Crippen LogP contribution in [0.1, 0.15) is 90.9 Å². The first-order valence-corrected chi connectivity index (χ1v) is 8.04. The van der Waals surface area contributed by atoms with Gasteiger partial charge >= 0.3 is 5.97 Å². The van der Waals surface area contributed by atoms with Crippen LogP contribution >= 0.6 is 0 Å². The fraction of sp³-hybridized carbons (Fsp3) is 0.875. The van der Waals surface area contributed by atoms with Gasteiger partial charge in [0.05, 0.1) is 0 Å². The number of hydrogen-bond acceptors (Lipinski definition) is 2. The maximum atomic E-state index is 10.4. The normalized spacial score (nSPS) is 9.70. The zero-order valence-electron chi connectivity index (χ0n) is 13.3. The molecule has 0 rings (SSSR count). The number of amides is 1. The highest BCUT2D eigenvalue weighted by Crippen LogP contribution is 2.07. The molecule has 0 fully saturated rings. The van der Waals surface area contributed by atoms with E-state index in [4.69, 9.17) is 10.8 Å². The van der Waals surface area contributed by atoms with Crippen molar-refractivity contribution >= 4 is 11.9 Å². The Kier molecular flexibility index (Phi) is 19.1. The van der Waals surface area contributed by atoms with Crippen molar-refractivity contribution in [2.45, 2.75) is 90.9 Å². The van der Waals surface area contributed by atoms with Crippen molar-refractivity contribution in [1.82, 2.24) is 0 Å². The lowest BCUT2D eigenvalue weighted by molar-refractivity contribution is -0.137. The monoisotopic (exact) mass is 287 g/mol. The van der Waals surface area contributed by atoms with Gasteiger partial charge in [0.2, 0.25) is 5.91 Å². The third kappa shape index (κ3) is 25.7. The SMILES string of the molecule is CCCCCC(=O)O.CCCCCCCCCC(N)=O. The van der Waals surface area contributed by atoms with E-state index in [1.165, 1.54) is 32.1 Å². The molecule has 0 saturated heterocycles. The molecule has 0 radical (unpaired) electrons. The highest BCUT2D eigenvalue weighted by molar-refractivity contribution is 5.73. The molecular weight excluding hydrogens is 254 g/mol. The molecule has 20 heavy (non-hydrogen) atoms. The predicted octanol–water partition coefficient (Wildman–Crippen LogP) is 4.26. The first-order valence-electron chi connectivity index (χ1n) is 8.04.